The summed E-state index contributed by atoms with van der Waals surface area (Å²) in [5.74, 6) is -2.48. The van der Waals surface area contributed by atoms with Crippen molar-refractivity contribution in [3.8, 4) is 0 Å². The molecule has 8 heteroatoms. The van der Waals surface area contributed by atoms with Crippen LogP contribution in [0.3, 0.4) is 0 Å². The zero-order valence-electron chi connectivity index (χ0n) is 6.08. The van der Waals surface area contributed by atoms with E-state index in [1.165, 1.54) is 0 Å². The number of nitrogens with zero attached hydrogens (tertiary/aromatic N) is 1. The number of carbonyl (C=O) groups is 1. The summed E-state index contributed by atoms with van der Waals surface area (Å²) in [6, 6.07) is 0. The van der Waals surface area contributed by atoms with Crippen molar-refractivity contribution in [3.05, 3.63) is 26.8 Å². The smallest absolute Gasteiger partial charge is 0.542 e. The van der Waals surface area contributed by atoms with E-state index in [1.54, 1.807) is 9.97 Å². The van der Waals surface area contributed by atoms with Crippen LogP contribution in [0.25, 0.3) is 0 Å². The molecular weight excluding hydrogens is 196 g/mol. The first-order chi connectivity index (χ1) is 5.09. The molecule has 0 aliphatic heterocycles. The van der Waals surface area contributed by atoms with Crippen LogP contribution in [0, 0.1) is 0 Å². The Morgan fingerprint density at radius 3 is 2.33 bits per heavy atom. The molecule has 12 heavy (non-hydrogen) atoms. The van der Waals surface area contributed by atoms with Crippen molar-refractivity contribution < 1.29 is 61.3 Å². The Morgan fingerprint density at radius 2 is 1.92 bits per heavy atom. The number of aromatic nitrogens is 3. The summed E-state index contributed by atoms with van der Waals surface area (Å²) in [6.45, 7) is 0. The molecule has 0 radical (unpaired) electrons. The van der Waals surface area contributed by atoms with Crippen molar-refractivity contribution in [3.63, 3.8) is 0 Å². The molecule has 7 nitrogen and oxygen atoms in total. The Labute approximate surface area is 108 Å². The van der Waals surface area contributed by atoms with Gasteiger partial charge in [0.15, 0.2) is 5.82 Å². The predicted molar refractivity (Wildman–Crippen MR) is 29.8 cm³/mol. The van der Waals surface area contributed by atoms with E-state index in [-0.39, 0.29) is 51.4 Å². The summed E-state index contributed by atoms with van der Waals surface area (Å²) < 4.78 is 0. The third-order valence-corrected chi connectivity index (χ3v) is 0.859. The Kier molecular flexibility index (Phi) is 4.56. The molecule has 0 spiro atoms. The van der Waals surface area contributed by atoms with Gasteiger partial charge in [-0.3, -0.25) is 9.97 Å². The fraction of sp³-hybridized carbons (Fsp3) is 0. The van der Waals surface area contributed by atoms with Gasteiger partial charge in [-0.2, -0.15) is 4.98 Å². The van der Waals surface area contributed by atoms with Gasteiger partial charge in [-0.25, -0.2) is 9.59 Å². The van der Waals surface area contributed by atoms with Crippen LogP contribution in [-0.4, -0.2) is 20.9 Å². The van der Waals surface area contributed by atoms with E-state index in [9.17, 15) is 19.5 Å². The molecule has 0 atom stereocenters. The van der Waals surface area contributed by atoms with Crippen LogP contribution >= 0.6 is 0 Å². The van der Waals surface area contributed by atoms with Crippen molar-refractivity contribution in [2.24, 2.45) is 0 Å². The van der Waals surface area contributed by atoms with Crippen molar-refractivity contribution in [1.29, 1.82) is 0 Å². The Balaban J connectivity index is 0.00000121. The van der Waals surface area contributed by atoms with Gasteiger partial charge in [0.05, 0.1) is 0 Å². The van der Waals surface area contributed by atoms with Crippen LogP contribution in [0.4, 0.5) is 0 Å². The quantitative estimate of drug-likeness (QED) is 0.435. The monoisotopic (exact) mass is 198 g/mol. The molecule has 0 aromatic carbocycles. The van der Waals surface area contributed by atoms with Gasteiger partial charge in [0.2, 0.25) is 0 Å². The second-order valence-electron chi connectivity index (χ2n) is 1.63. The average Bonchev–Trinajstić information content (AvgIpc) is 1.85. The van der Waals surface area contributed by atoms with Gasteiger partial charge in [-0.15, -0.1) is 0 Å². The van der Waals surface area contributed by atoms with E-state index in [4.69, 9.17) is 0 Å². The second-order valence-corrected chi connectivity index (χ2v) is 1.63. The van der Waals surface area contributed by atoms with Crippen molar-refractivity contribution in [1.82, 2.24) is 15.0 Å². The van der Waals surface area contributed by atoms with E-state index in [2.05, 4.69) is 4.98 Å². The van der Waals surface area contributed by atoms with Gasteiger partial charge in [0.1, 0.15) is 5.97 Å². The van der Waals surface area contributed by atoms with Gasteiger partial charge >= 0.3 is 62.8 Å². The molecule has 0 fully saturated rings. The predicted octanol–water partition coefficient (Wildman–Crippen LogP) is -6.17. The van der Waals surface area contributed by atoms with E-state index >= 15 is 0 Å². The summed E-state index contributed by atoms with van der Waals surface area (Å²) in [7, 11) is 0. The summed E-state index contributed by atoms with van der Waals surface area (Å²) >= 11 is 0. The van der Waals surface area contributed by atoms with Crippen LogP contribution in [0.2, 0.25) is 0 Å². The molecule has 0 unspecified atom stereocenters. The largest absolute Gasteiger partial charge is 1.00 e. The first kappa shape index (κ1) is 11.7. The topological polar surface area (TPSA) is 119 Å². The maximum Gasteiger partial charge on any atom is 1.00 e. The molecule has 58 valence electrons. The van der Waals surface area contributed by atoms with Crippen molar-refractivity contribution >= 4 is 5.97 Å². The first-order valence-electron chi connectivity index (χ1n) is 2.51. The Bertz CT molecular complexity index is 366. The van der Waals surface area contributed by atoms with E-state index in [0.29, 0.717) is 0 Å². The maximum atomic E-state index is 10.4. The second kappa shape index (κ2) is 4.67. The third-order valence-electron chi connectivity index (χ3n) is 0.859. The number of carbonyl (C=O) groups excluding carboxylic acids is 1. The zero-order valence-corrected chi connectivity index (χ0v) is 9.20. The summed E-state index contributed by atoms with van der Waals surface area (Å²) in [5.41, 5.74) is -1.95. The van der Waals surface area contributed by atoms with E-state index in [1.807, 2.05) is 0 Å². The summed E-state index contributed by atoms with van der Waals surface area (Å²) in [4.78, 5) is 37.1. The normalized spacial score (nSPS) is 8.67. The Hall–Kier alpha value is -0.284. The van der Waals surface area contributed by atoms with Gasteiger partial charge in [0.25, 0.3) is 0 Å². The molecule has 1 rings (SSSR count). The molecule has 0 aliphatic carbocycles. The van der Waals surface area contributed by atoms with Crippen molar-refractivity contribution in [2.45, 2.75) is 0 Å². The minimum absolute atomic E-state index is 0. The molecular formula is C4H2KN3O4. The molecule has 0 saturated heterocycles. The molecule has 0 amide bonds. The molecule has 1 heterocycles. The summed E-state index contributed by atoms with van der Waals surface area (Å²) in [5, 5.41) is 10.0. The molecule has 0 saturated carbocycles. The van der Waals surface area contributed by atoms with Crippen LogP contribution in [0.15, 0.2) is 9.59 Å². The summed E-state index contributed by atoms with van der Waals surface area (Å²) in [6.07, 6.45) is 0. The number of rotatable bonds is 1. The van der Waals surface area contributed by atoms with Gasteiger partial charge in [0, 0.05) is 0 Å². The molecule has 1 aromatic heterocycles. The van der Waals surface area contributed by atoms with Crippen LogP contribution in [0.1, 0.15) is 10.6 Å². The fourth-order valence-electron chi connectivity index (χ4n) is 0.490. The number of aromatic carboxylic acids is 1. The number of hydrogen-bond acceptors (Lipinski definition) is 5. The molecule has 0 aliphatic rings. The van der Waals surface area contributed by atoms with Gasteiger partial charge < -0.3 is 9.90 Å². The Morgan fingerprint density at radius 1 is 1.33 bits per heavy atom. The minimum Gasteiger partial charge on any atom is -0.542 e. The number of carboxylic acid groups (broad SMARTS) is 1. The number of nitrogens with one attached hydrogen (secondary N) is 2. The number of carboxylic acids is 1. The van der Waals surface area contributed by atoms with Crippen molar-refractivity contribution in [2.75, 3.05) is 0 Å². The fourth-order valence-corrected chi connectivity index (χ4v) is 0.490. The number of aromatic amines is 2. The molecule has 0 bridgehead atoms. The van der Waals surface area contributed by atoms with Crippen LogP contribution < -0.4 is 67.9 Å². The van der Waals surface area contributed by atoms with Crippen LogP contribution in [-0.2, 0) is 0 Å². The zero-order chi connectivity index (χ0) is 8.43. The average molecular weight is 198 g/mol. The molecule has 2 N–H and O–H groups in total. The van der Waals surface area contributed by atoms with Gasteiger partial charge in [-0.1, -0.05) is 0 Å². The molecule has 1 aromatic rings. The maximum absolute atomic E-state index is 10.4. The standard InChI is InChI=1S/C4H3N3O4.K/c8-2(9)1-5-3(10)7-4(11)6-1;/h(H,8,9)(H2,5,6,7,10,11);/q;+1/p-1/i5+1,6+1,7+1;. The number of H-pyrrole nitrogens is 2. The van der Waals surface area contributed by atoms with Gasteiger partial charge in [-0.05, 0) is 0 Å². The third kappa shape index (κ3) is 2.99. The number of hydrogen-bond donors (Lipinski definition) is 2. The van der Waals surface area contributed by atoms with E-state index < -0.39 is 23.2 Å². The SMILES string of the molecule is O=C([O-])c1[15n]c(=O)[15nH]c(=O)[15nH]1.[K+]. The van der Waals surface area contributed by atoms with Crippen LogP contribution in [0.5, 0.6) is 0 Å². The van der Waals surface area contributed by atoms with E-state index in [0.717, 1.165) is 0 Å². The minimum atomic E-state index is -1.70. The first-order valence-corrected chi connectivity index (χ1v) is 2.51.